The fourth-order valence-corrected chi connectivity index (χ4v) is 2.12. The number of carbonyl (C=O) groups is 1. The Morgan fingerprint density at radius 3 is 2.35 bits per heavy atom. The maximum atomic E-state index is 12.5. The number of aromatic nitrogens is 2. The molecule has 26 heavy (non-hydrogen) atoms. The molecule has 2 rings (SSSR count). The smallest absolute Gasteiger partial charge is 0.363 e. The highest BCUT2D eigenvalue weighted by Crippen LogP contribution is 2.29. The standard InChI is InChI=1S/C17H20F3N5O/c1-11-10-14(25(2)3)24-16(23-11)22-9-8-21-15(26)12-4-6-13(7-5-12)17(18,19)20/h4-7,10H,8-9H2,1-3H3,(H,21,26)(H,22,23,24). The van der Waals surface area contributed by atoms with E-state index in [9.17, 15) is 18.0 Å². The van der Waals surface area contributed by atoms with Crippen molar-refractivity contribution in [1.82, 2.24) is 15.3 Å². The minimum Gasteiger partial charge on any atom is -0.363 e. The van der Waals surface area contributed by atoms with Gasteiger partial charge in [-0.05, 0) is 31.2 Å². The van der Waals surface area contributed by atoms with Crippen LogP contribution in [0.2, 0.25) is 0 Å². The number of nitrogens with one attached hydrogen (secondary N) is 2. The van der Waals surface area contributed by atoms with Gasteiger partial charge in [-0.25, -0.2) is 4.98 Å². The molecule has 1 heterocycles. The first-order valence-corrected chi connectivity index (χ1v) is 7.89. The molecule has 0 fully saturated rings. The molecule has 1 aromatic heterocycles. The Balaban J connectivity index is 1.85. The number of benzene rings is 1. The van der Waals surface area contributed by atoms with Gasteiger partial charge in [0.2, 0.25) is 5.95 Å². The second kappa shape index (κ2) is 8.03. The predicted octanol–water partition coefficient (Wildman–Crippen LogP) is 2.71. The van der Waals surface area contributed by atoms with E-state index in [1.54, 1.807) is 0 Å². The highest BCUT2D eigenvalue weighted by atomic mass is 19.4. The van der Waals surface area contributed by atoms with E-state index in [0.29, 0.717) is 12.5 Å². The number of nitrogens with zero attached hydrogens (tertiary/aromatic N) is 3. The number of halogens is 3. The fraction of sp³-hybridized carbons (Fsp3) is 0.353. The first-order valence-electron chi connectivity index (χ1n) is 7.89. The number of amides is 1. The lowest BCUT2D eigenvalue weighted by atomic mass is 10.1. The average Bonchev–Trinajstić information content (AvgIpc) is 2.57. The maximum absolute atomic E-state index is 12.5. The fourth-order valence-electron chi connectivity index (χ4n) is 2.12. The van der Waals surface area contributed by atoms with Gasteiger partial charge in [0.25, 0.3) is 5.91 Å². The molecule has 0 unspecified atom stereocenters. The van der Waals surface area contributed by atoms with Gasteiger partial charge in [-0.15, -0.1) is 0 Å². The second-order valence-electron chi connectivity index (χ2n) is 5.84. The number of anilines is 2. The Morgan fingerprint density at radius 1 is 1.12 bits per heavy atom. The molecule has 0 radical (unpaired) electrons. The molecule has 9 heteroatoms. The van der Waals surface area contributed by atoms with Crippen LogP contribution in [0.1, 0.15) is 21.6 Å². The molecular weight excluding hydrogens is 347 g/mol. The zero-order chi connectivity index (χ0) is 19.3. The molecule has 140 valence electrons. The van der Waals surface area contributed by atoms with Gasteiger partial charge in [0, 0.05) is 44.5 Å². The lowest BCUT2D eigenvalue weighted by Gasteiger charge is -2.14. The van der Waals surface area contributed by atoms with Gasteiger partial charge in [0.1, 0.15) is 5.82 Å². The van der Waals surface area contributed by atoms with Gasteiger partial charge in [0.15, 0.2) is 0 Å². The highest BCUT2D eigenvalue weighted by molar-refractivity contribution is 5.94. The molecule has 0 atom stereocenters. The number of alkyl halides is 3. The van der Waals surface area contributed by atoms with Crippen molar-refractivity contribution >= 4 is 17.7 Å². The third kappa shape index (κ3) is 5.33. The van der Waals surface area contributed by atoms with Crippen molar-refractivity contribution in [2.45, 2.75) is 13.1 Å². The van der Waals surface area contributed by atoms with Crippen molar-refractivity contribution in [2.24, 2.45) is 0 Å². The van der Waals surface area contributed by atoms with E-state index in [-0.39, 0.29) is 12.1 Å². The summed E-state index contributed by atoms with van der Waals surface area (Å²) in [5, 5.41) is 5.63. The normalized spacial score (nSPS) is 11.2. The van der Waals surface area contributed by atoms with Crippen LogP contribution in [0.5, 0.6) is 0 Å². The van der Waals surface area contributed by atoms with Crippen molar-refractivity contribution in [3.63, 3.8) is 0 Å². The van der Waals surface area contributed by atoms with Crippen molar-refractivity contribution < 1.29 is 18.0 Å². The average molecular weight is 367 g/mol. The van der Waals surface area contributed by atoms with Crippen LogP contribution >= 0.6 is 0 Å². The second-order valence-corrected chi connectivity index (χ2v) is 5.84. The van der Waals surface area contributed by atoms with E-state index in [0.717, 1.165) is 35.8 Å². The Labute approximate surface area is 149 Å². The molecule has 2 aromatic rings. The summed E-state index contributed by atoms with van der Waals surface area (Å²) in [6.45, 7) is 2.50. The molecule has 0 bridgehead atoms. The van der Waals surface area contributed by atoms with Crippen molar-refractivity contribution in [3.05, 3.63) is 47.2 Å². The first-order chi connectivity index (χ1) is 12.2. The van der Waals surface area contributed by atoms with E-state index >= 15 is 0 Å². The summed E-state index contributed by atoms with van der Waals surface area (Å²) < 4.78 is 37.5. The van der Waals surface area contributed by atoms with Gasteiger partial charge >= 0.3 is 6.18 Å². The Morgan fingerprint density at radius 2 is 1.77 bits per heavy atom. The van der Waals surface area contributed by atoms with Crippen LogP contribution < -0.4 is 15.5 Å². The first kappa shape index (κ1) is 19.5. The Hall–Kier alpha value is -2.84. The van der Waals surface area contributed by atoms with Crippen LogP contribution in [0.3, 0.4) is 0 Å². The SMILES string of the molecule is Cc1cc(N(C)C)nc(NCCNC(=O)c2ccc(C(F)(F)F)cc2)n1. The summed E-state index contributed by atoms with van der Waals surface area (Å²) in [6, 6.07) is 5.92. The molecule has 0 spiro atoms. The monoisotopic (exact) mass is 367 g/mol. The largest absolute Gasteiger partial charge is 0.416 e. The van der Waals surface area contributed by atoms with Gasteiger partial charge in [0.05, 0.1) is 5.56 Å². The molecule has 1 aromatic carbocycles. The van der Waals surface area contributed by atoms with E-state index in [1.165, 1.54) is 0 Å². The van der Waals surface area contributed by atoms with Crippen LogP contribution in [-0.2, 0) is 6.18 Å². The highest BCUT2D eigenvalue weighted by Gasteiger charge is 2.30. The third-order valence-corrected chi connectivity index (χ3v) is 3.47. The molecule has 0 aliphatic carbocycles. The van der Waals surface area contributed by atoms with Crippen LogP contribution in [0, 0.1) is 6.92 Å². The van der Waals surface area contributed by atoms with Crippen molar-refractivity contribution in [1.29, 1.82) is 0 Å². The molecule has 1 amide bonds. The van der Waals surface area contributed by atoms with Crippen LogP contribution in [0.4, 0.5) is 24.9 Å². The number of carbonyl (C=O) groups excluding carboxylic acids is 1. The van der Waals surface area contributed by atoms with Crippen molar-refractivity contribution in [3.8, 4) is 0 Å². The van der Waals surface area contributed by atoms with Gasteiger partial charge in [-0.3, -0.25) is 4.79 Å². The summed E-state index contributed by atoms with van der Waals surface area (Å²) in [5.74, 6) is 0.755. The predicted molar refractivity (Wildman–Crippen MR) is 93.4 cm³/mol. The molecule has 0 aliphatic heterocycles. The molecule has 0 aliphatic rings. The number of hydrogen-bond donors (Lipinski definition) is 2. The molecule has 2 N–H and O–H groups in total. The van der Waals surface area contributed by atoms with Crippen LogP contribution in [0.15, 0.2) is 30.3 Å². The van der Waals surface area contributed by atoms with E-state index < -0.39 is 17.6 Å². The molecule has 0 saturated carbocycles. The molecule has 0 saturated heterocycles. The lowest BCUT2D eigenvalue weighted by Crippen LogP contribution is -2.29. The van der Waals surface area contributed by atoms with E-state index in [2.05, 4.69) is 20.6 Å². The molecule has 6 nitrogen and oxygen atoms in total. The number of aryl methyl sites for hydroxylation is 1. The Bertz CT molecular complexity index is 760. The van der Waals surface area contributed by atoms with Gasteiger partial charge in [-0.1, -0.05) is 0 Å². The van der Waals surface area contributed by atoms with Crippen LogP contribution in [0.25, 0.3) is 0 Å². The summed E-state index contributed by atoms with van der Waals surface area (Å²) in [4.78, 5) is 22.4. The minimum atomic E-state index is -4.42. The zero-order valence-electron chi connectivity index (χ0n) is 14.7. The number of rotatable bonds is 6. The van der Waals surface area contributed by atoms with Gasteiger partial charge in [-0.2, -0.15) is 18.2 Å². The quantitative estimate of drug-likeness (QED) is 0.769. The number of hydrogen-bond acceptors (Lipinski definition) is 5. The summed E-state index contributed by atoms with van der Waals surface area (Å²) >= 11 is 0. The topological polar surface area (TPSA) is 70.2 Å². The lowest BCUT2D eigenvalue weighted by molar-refractivity contribution is -0.137. The molecular formula is C17H20F3N5O. The van der Waals surface area contributed by atoms with E-state index in [4.69, 9.17) is 0 Å². The van der Waals surface area contributed by atoms with Crippen LogP contribution in [-0.4, -0.2) is 43.1 Å². The summed E-state index contributed by atoms with van der Waals surface area (Å²) in [5.41, 5.74) is 0.184. The van der Waals surface area contributed by atoms with Gasteiger partial charge < -0.3 is 15.5 Å². The minimum absolute atomic E-state index is 0.166. The Kier molecular flexibility index (Phi) is 6.01. The maximum Gasteiger partial charge on any atom is 0.416 e. The van der Waals surface area contributed by atoms with E-state index in [1.807, 2.05) is 32.0 Å². The third-order valence-electron chi connectivity index (χ3n) is 3.47. The summed E-state index contributed by atoms with van der Waals surface area (Å²) in [6.07, 6.45) is -4.42. The zero-order valence-corrected chi connectivity index (χ0v) is 14.7. The van der Waals surface area contributed by atoms with Crippen molar-refractivity contribution in [2.75, 3.05) is 37.4 Å². The summed E-state index contributed by atoms with van der Waals surface area (Å²) in [7, 11) is 3.74.